The van der Waals surface area contributed by atoms with Gasteiger partial charge in [-0.2, -0.15) is 0 Å². The second-order valence-corrected chi connectivity index (χ2v) is 11.6. The Labute approximate surface area is 208 Å². The zero-order chi connectivity index (χ0) is 26.6. The van der Waals surface area contributed by atoms with Crippen molar-refractivity contribution in [2.75, 3.05) is 7.11 Å². The van der Waals surface area contributed by atoms with E-state index >= 15 is 0 Å². The average Bonchev–Trinajstić information content (AvgIpc) is 2.92. The standard InChI is InChI=1S/C26H32O10/c1-11-13-8-17(27)36-23(3,4)14(13)9-16(34-22(30)32-7)25(6)15(11)10-24(5)20(29)35-21-26(24,31)19(25)18(28)12(2)33-21/h8-9,11-12,15-16,19,21,31H,10H2,1-7H3. The van der Waals surface area contributed by atoms with Crippen molar-refractivity contribution < 1.29 is 48.0 Å². The number of cyclic esters (lactones) is 1. The van der Waals surface area contributed by atoms with Crippen molar-refractivity contribution in [2.24, 2.45) is 28.6 Å². The number of fused-ring (bicyclic) bond motifs is 3. The van der Waals surface area contributed by atoms with E-state index in [9.17, 15) is 24.3 Å². The summed E-state index contributed by atoms with van der Waals surface area (Å²) in [7, 11) is 1.18. The molecule has 3 heterocycles. The molecule has 36 heavy (non-hydrogen) atoms. The van der Waals surface area contributed by atoms with Gasteiger partial charge in [-0.25, -0.2) is 9.59 Å². The molecule has 0 aromatic heterocycles. The van der Waals surface area contributed by atoms with Gasteiger partial charge in [-0.3, -0.25) is 9.59 Å². The van der Waals surface area contributed by atoms with Crippen molar-refractivity contribution >= 4 is 23.9 Å². The van der Waals surface area contributed by atoms with Gasteiger partial charge in [-0.15, -0.1) is 0 Å². The maximum absolute atomic E-state index is 13.9. The number of ketones is 1. The molecular formula is C26H32O10. The summed E-state index contributed by atoms with van der Waals surface area (Å²) in [5.74, 6) is -3.65. The summed E-state index contributed by atoms with van der Waals surface area (Å²) < 4.78 is 27.4. The van der Waals surface area contributed by atoms with Crippen molar-refractivity contribution in [3.8, 4) is 0 Å². The van der Waals surface area contributed by atoms with E-state index in [1.807, 2.05) is 6.92 Å². The van der Waals surface area contributed by atoms with Crippen molar-refractivity contribution in [3.63, 3.8) is 0 Å². The van der Waals surface area contributed by atoms with Crippen LogP contribution in [0.25, 0.3) is 0 Å². The molecule has 9 atom stereocenters. The fraction of sp³-hybridized carbons (Fsp3) is 0.692. The second kappa shape index (κ2) is 7.41. The Kier molecular flexibility index (Phi) is 5.14. The molecule has 9 unspecified atom stereocenters. The summed E-state index contributed by atoms with van der Waals surface area (Å²) in [6.45, 7) is 10.3. The molecule has 0 amide bonds. The lowest BCUT2D eigenvalue weighted by Crippen LogP contribution is -2.74. The normalized spacial score (nSPS) is 46.6. The van der Waals surface area contributed by atoms with Crippen LogP contribution in [0, 0.1) is 28.6 Å². The SMILES string of the molecule is COC(=O)OC1C=C2C(=CC(=O)OC2(C)C)C(C)C2CC3(C)C(=O)OC4OC(C)C(=O)C(C12C)C43O. The lowest BCUT2D eigenvalue weighted by molar-refractivity contribution is -0.298. The monoisotopic (exact) mass is 504 g/mol. The van der Waals surface area contributed by atoms with E-state index in [0.717, 1.165) is 0 Å². The van der Waals surface area contributed by atoms with Crippen molar-refractivity contribution in [3.05, 3.63) is 23.3 Å². The molecule has 10 heteroatoms. The summed E-state index contributed by atoms with van der Waals surface area (Å²) in [5.41, 5.74) is -4.45. The highest BCUT2D eigenvalue weighted by atomic mass is 16.7. The van der Waals surface area contributed by atoms with E-state index in [1.165, 1.54) is 13.2 Å². The third kappa shape index (κ3) is 2.85. The highest BCUT2D eigenvalue weighted by Crippen LogP contribution is 2.69. The molecule has 3 fully saturated rings. The molecule has 5 rings (SSSR count). The fourth-order valence-electron chi connectivity index (χ4n) is 7.45. The number of methoxy groups -OCH3 is 1. The molecule has 3 aliphatic heterocycles. The van der Waals surface area contributed by atoms with Crippen LogP contribution in [0.15, 0.2) is 23.3 Å². The molecule has 196 valence electrons. The van der Waals surface area contributed by atoms with Gasteiger partial charge in [0, 0.05) is 11.5 Å². The lowest BCUT2D eigenvalue weighted by atomic mass is 9.43. The molecular weight excluding hydrogens is 472 g/mol. The summed E-state index contributed by atoms with van der Waals surface area (Å²) in [5, 5.41) is 12.2. The van der Waals surface area contributed by atoms with Gasteiger partial charge < -0.3 is 28.8 Å². The topological polar surface area (TPSA) is 135 Å². The Bertz CT molecular complexity index is 1140. The minimum Gasteiger partial charge on any atom is -0.452 e. The highest BCUT2D eigenvalue weighted by Gasteiger charge is 2.81. The molecule has 1 N–H and O–H groups in total. The molecule has 0 bridgehead atoms. The van der Waals surface area contributed by atoms with Gasteiger partial charge in [0.1, 0.15) is 23.2 Å². The molecule has 5 aliphatic rings. The Balaban J connectivity index is 1.81. The fourth-order valence-corrected chi connectivity index (χ4v) is 7.45. The smallest absolute Gasteiger partial charge is 0.452 e. The van der Waals surface area contributed by atoms with E-state index < -0.39 is 76.2 Å². The molecule has 10 nitrogen and oxygen atoms in total. The number of hydrogen-bond donors (Lipinski definition) is 1. The molecule has 2 saturated heterocycles. The highest BCUT2D eigenvalue weighted by molar-refractivity contribution is 5.93. The van der Waals surface area contributed by atoms with Gasteiger partial charge in [-0.1, -0.05) is 13.8 Å². The Morgan fingerprint density at radius 1 is 1.14 bits per heavy atom. The number of aliphatic hydroxyl groups is 1. The predicted octanol–water partition coefficient (Wildman–Crippen LogP) is 2.23. The first-order chi connectivity index (χ1) is 16.6. The van der Waals surface area contributed by atoms with Crippen LogP contribution in [0.3, 0.4) is 0 Å². The van der Waals surface area contributed by atoms with E-state index in [2.05, 4.69) is 0 Å². The van der Waals surface area contributed by atoms with Crippen LogP contribution in [-0.4, -0.2) is 65.8 Å². The van der Waals surface area contributed by atoms with Crippen molar-refractivity contribution in [2.45, 2.75) is 77.7 Å². The first kappa shape index (κ1) is 25.0. The minimum absolute atomic E-state index is 0.104. The van der Waals surface area contributed by atoms with E-state index in [-0.39, 0.29) is 12.3 Å². The molecule has 2 aliphatic carbocycles. The van der Waals surface area contributed by atoms with Crippen LogP contribution in [0.4, 0.5) is 4.79 Å². The minimum atomic E-state index is -2.00. The summed E-state index contributed by atoms with van der Waals surface area (Å²) in [4.78, 5) is 52.1. The summed E-state index contributed by atoms with van der Waals surface area (Å²) in [6, 6.07) is 0. The van der Waals surface area contributed by atoms with Gasteiger partial charge in [0.05, 0.1) is 13.0 Å². The Morgan fingerprint density at radius 3 is 2.44 bits per heavy atom. The van der Waals surface area contributed by atoms with Crippen LogP contribution in [-0.2, 0) is 38.1 Å². The van der Waals surface area contributed by atoms with Gasteiger partial charge in [0.25, 0.3) is 0 Å². The van der Waals surface area contributed by atoms with Crippen LogP contribution in [0.5, 0.6) is 0 Å². The lowest BCUT2D eigenvalue weighted by Gasteiger charge is -2.62. The maximum Gasteiger partial charge on any atom is 0.508 e. The molecule has 0 spiro atoms. The zero-order valence-corrected chi connectivity index (χ0v) is 21.4. The van der Waals surface area contributed by atoms with E-state index in [4.69, 9.17) is 23.7 Å². The average molecular weight is 505 g/mol. The number of carbonyl (C=O) groups is 4. The van der Waals surface area contributed by atoms with Gasteiger partial charge in [0.15, 0.2) is 11.4 Å². The summed E-state index contributed by atoms with van der Waals surface area (Å²) >= 11 is 0. The first-order valence-corrected chi connectivity index (χ1v) is 12.2. The molecule has 1 saturated carbocycles. The van der Waals surface area contributed by atoms with Crippen LogP contribution >= 0.6 is 0 Å². The Hall–Kier alpha value is -2.72. The maximum atomic E-state index is 13.9. The van der Waals surface area contributed by atoms with E-state index in [0.29, 0.717) is 11.1 Å². The van der Waals surface area contributed by atoms with Gasteiger partial charge in [0.2, 0.25) is 6.29 Å². The third-order valence-electron chi connectivity index (χ3n) is 9.41. The van der Waals surface area contributed by atoms with Crippen LogP contribution in [0.1, 0.15) is 48.0 Å². The van der Waals surface area contributed by atoms with Gasteiger partial charge in [-0.05, 0) is 63.2 Å². The number of ether oxygens (including phenoxy) is 5. The third-order valence-corrected chi connectivity index (χ3v) is 9.41. The number of esters is 2. The quantitative estimate of drug-likeness (QED) is 0.418. The number of Topliss-reactive ketones (excluding diaryl/α,β-unsaturated/α-hetero) is 1. The van der Waals surface area contributed by atoms with E-state index in [1.54, 1.807) is 40.7 Å². The van der Waals surface area contributed by atoms with Crippen LogP contribution < -0.4 is 0 Å². The first-order valence-electron chi connectivity index (χ1n) is 12.2. The predicted molar refractivity (Wildman–Crippen MR) is 121 cm³/mol. The second-order valence-electron chi connectivity index (χ2n) is 11.6. The number of carbonyl (C=O) groups excluding carboxylic acids is 4. The van der Waals surface area contributed by atoms with Crippen molar-refractivity contribution in [1.82, 2.24) is 0 Å². The molecule has 0 aromatic rings. The summed E-state index contributed by atoms with van der Waals surface area (Å²) in [6.07, 6.45) is -1.15. The van der Waals surface area contributed by atoms with Crippen LogP contribution in [0.2, 0.25) is 0 Å². The number of hydrogen-bond acceptors (Lipinski definition) is 10. The molecule has 0 aromatic carbocycles. The number of rotatable bonds is 1. The zero-order valence-electron chi connectivity index (χ0n) is 21.4. The largest absolute Gasteiger partial charge is 0.508 e. The molecule has 0 radical (unpaired) electrons. The Morgan fingerprint density at radius 2 is 1.81 bits per heavy atom. The van der Waals surface area contributed by atoms with Gasteiger partial charge >= 0.3 is 18.1 Å². The van der Waals surface area contributed by atoms with Crippen molar-refractivity contribution in [1.29, 1.82) is 0 Å².